The van der Waals surface area contributed by atoms with Crippen LogP contribution in [0.5, 0.6) is 0 Å². The number of alkyl halides is 3. The van der Waals surface area contributed by atoms with E-state index in [0.29, 0.717) is 0 Å². The molecular weight excluding hydrogens is 341 g/mol. The van der Waals surface area contributed by atoms with Gasteiger partial charge < -0.3 is 0 Å². The summed E-state index contributed by atoms with van der Waals surface area (Å²) >= 11 is 12.3. The third kappa shape index (κ3) is 2.60. The van der Waals surface area contributed by atoms with Crippen LogP contribution < -0.4 is 0 Å². The molecule has 0 aliphatic rings. The van der Waals surface area contributed by atoms with Crippen molar-refractivity contribution in [1.82, 2.24) is 4.98 Å². The van der Waals surface area contributed by atoms with E-state index < -0.39 is 11.7 Å². The molecule has 0 amide bonds. The van der Waals surface area contributed by atoms with Crippen molar-refractivity contribution in [3.8, 4) is 0 Å². The molecule has 0 radical (unpaired) electrons. The number of hydrogen-bond donors (Lipinski definition) is 0. The van der Waals surface area contributed by atoms with Gasteiger partial charge in [-0.3, -0.25) is 0 Å². The summed E-state index contributed by atoms with van der Waals surface area (Å²) in [5.74, 6) is 0. The highest BCUT2D eigenvalue weighted by Crippen LogP contribution is 2.35. The predicted octanol–water partition coefficient (Wildman–Crippen LogP) is 4.01. The first kappa shape index (κ1) is 11.3. The van der Waals surface area contributed by atoms with Crippen molar-refractivity contribution in [2.75, 3.05) is 0 Å². The number of hydrogen-bond acceptors (Lipinski definition) is 1. The minimum absolute atomic E-state index is 0.126. The van der Waals surface area contributed by atoms with E-state index in [0.717, 1.165) is 6.07 Å². The molecule has 1 aromatic rings. The standard InChI is InChI=1S/C6HCl2F3IN/c7-3-1-2(6(9,10)11)5(12)13-4(3)8/h1H. The SMILES string of the molecule is FC(F)(F)c1cc(Cl)c(Cl)nc1I. The molecule has 1 heterocycles. The van der Waals surface area contributed by atoms with Crippen LogP contribution in [0.15, 0.2) is 6.07 Å². The van der Waals surface area contributed by atoms with E-state index in [1.165, 1.54) is 22.6 Å². The van der Waals surface area contributed by atoms with Gasteiger partial charge in [-0.1, -0.05) is 23.2 Å². The highest BCUT2D eigenvalue weighted by Gasteiger charge is 2.34. The van der Waals surface area contributed by atoms with Crippen LogP contribution in [0.4, 0.5) is 13.2 Å². The van der Waals surface area contributed by atoms with Crippen molar-refractivity contribution in [3.05, 3.63) is 25.5 Å². The molecule has 0 bridgehead atoms. The van der Waals surface area contributed by atoms with Gasteiger partial charge in [-0.25, -0.2) is 4.98 Å². The molecule has 1 rings (SSSR count). The van der Waals surface area contributed by atoms with Crippen LogP contribution in [-0.2, 0) is 6.18 Å². The van der Waals surface area contributed by atoms with Crippen LogP contribution in [0.2, 0.25) is 10.2 Å². The molecule has 1 nitrogen and oxygen atoms in total. The Morgan fingerprint density at radius 2 is 1.85 bits per heavy atom. The Balaban J connectivity index is 3.32. The Morgan fingerprint density at radius 1 is 1.31 bits per heavy atom. The van der Waals surface area contributed by atoms with E-state index in [1.54, 1.807) is 0 Å². The highest BCUT2D eigenvalue weighted by molar-refractivity contribution is 14.1. The molecule has 0 spiro atoms. The Kier molecular flexibility index (Phi) is 3.29. The summed E-state index contributed by atoms with van der Waals surface area (Å²) < 4.78 is 36.4. The molecule has 0 fully saturated rings. The second-order valence-electron chi connectivity index (χ2n) is 2.10. The van der Waals surface area contributed by atoms with Crippen LogP contribution in [-0.4, -0.2) is 4.98 Å². The highest BCUT2D eigenvalue weighted by atomic mass is 127. The predicted molar refractivity (Wildman–Crippen MR) is 52.0 cm³/mol. The van der Waals surface area contributed by atoms with Gasteiger partial charge in [-0.2, -0.15) is 13.2 Å². The van der Waals surface area contributed by atoms with E-state index >= 15 is 0 Å². The molecule has 1 aromatic heterocycles. The smallest absolute Gasteiger partial charge is 0.228 e. The largest absolute Gasteiger partial charge is 0.418 e. The first-order valence-corrected chi connectivity index (χ1v) is 4.74. The van der Waals surface area contributed by atoms with E-state index in [-0.39, 0.29) is 13.9 Å². The van der Waals surface area contributed by atoms with Crippen molar-refractivity contribution in [2.24, 2.45) is 0 Å². The molecule has 0 unspecified atom stereocenters. The molecular formula is C6HCl2F3IN. The van der Waals surface area contributed by atoms with E-state index in [1.807, 2.05) is 0 Å². The molecule has 0 aliphatic carbocycles. The van der Waals surface area contributed by atoms with Crippen LogP contribution in [0.3, 0.4) is 0 Å². The zero-order chi connectivity index (χ0) is 10.2. The molecule has 0 aliphatic heterocycles. The molecule has 0 saturated heterocycles. The van der Waals surface area contributed by atoms with Gasteiger partial charge >= 0.3 is 6.18 Å². The van der Waals surface area contributed by atoms with Crippen LogP contribution in [0.25, 0.3) is 0 Å². The van der Waals surface area contributed by atoms with Crippen LogP contribution >= 0.6 is 45.8 Å². The Hall–Kier alpha value is 0.250. The lowest BCUT2D eigenvalue weighted by atomic mass is 10.3. The molecule has 0 saturated carbocycles. The molecule has 0 atom stereocenters. The fraction of sp³-hybridized carbons (Fsp3) is 0.167. The minimum atomic E-state index is -4.45. The summed E-state index contributed by atoms with van der Waals surface area (Å²) in [5.41, 5.74) is -0.873. The number of nitrogens with zero attached hydrogens (tertiary/aromatic N) is 1. The van der Waals surface area contributed by atoms with Crippen molar-refractivity contribution in [1.29, 1.82) is 0 Å². The first-order chi connectivity index (χ1) is 5.82. The summed E-state index contributed by atoms with van der Waals surface area (Å²) in [7, 11) is 0. The van der Waals surface area contributed by atoms with Crippen molar-refractivity contribution >= 4 is 45.8 Å². The minimum Gasteiger partial charge on any atom is -0.228 e. The molecule has 7 heteroatoms. The van der Waals surface area contributed by atoms with E-state index in [4.69, 9.17) is 23.2 Å². The van der Waals surface area contributed by atoms with Gasteiger partial charge in [-0.15, -0.1) is 0 Å². The van der Waals surface area contributed by atoms with Gasteiger partial charge in [0.25, 0.3) is 0 Å². The lowest BCUT2D eigenvalue weighted by Gasteiger charge is -2.08. The first-order valence-electron chi connectivity index (χ1n) is 2.91. The number of halogens is 6. The molecule has 0 N–H and O–H groups in total. The van der Waals surface area contributed by atoms with E-state index in [2.05, 4.69) is 4.98 Å². The average Bonchev–Trinajstić information content (AvgIpc) is 1.94. The molecule has 0 aromatic carbocycles. The van der Waals surface area contributed by atoms with Crippen molar-refractivity contribution < 1.29 is 13.2 Å². The summed E-state index contributed by atoms with van der Waals surface area (Å²) in [4.78, 5) is 3.44. The van der Waals surface area contributed by atoms with Crippen LogP contribution in [0.1, 0.15) is 5.56 Å². The normalized spacial score (nSPS) is 11.8. The summed E-state index contributed by atoms with van der Waals surface area (Å²) in [5, 5.41) is -0.325. The van der Waals surface area contributed by atoms with Gasteiger partial charge in [0.1, 0.15) is 8.85 Å². The Bertz CT molecular complexity index is 339. The molecule has 72 valence electrons. The van der Waals surface area contributed by atoms with Gasteiger partial charge in [0.2, 0.25) is 0 Å². The second-order valence-corrected chi connectivity index (χ2v) is 3.88. The second kappa shape index (κ2) is 3.78. The zero-order valence-corrected chi connectivity index (χ0v) is 9.46. The lowest BCUT2D eigenvalue weighted by Crippen LogP contribution is -2.08. The summed E-state index contributed by atoms with van der Waals surface area (Å²) in [6.07, 6.45) is -4.45. The third-order valence-electron chi connectivity index (χ3n) is 1.19. The topological polar surface area (TPSA) is 12.9 Å². The van der Waals surface area contributed by atoms with Crippen LogP contribution in [0, 0.1) is 3.70 Å². The third-order valence-corrected chi connectivity index (χ3v) is 2.69. The maximum absolute atomic E-state index is 12.2. The number of pyridine rings is 1. The Labute approximate surface area is 95.4 Å². The number of aromatic nitrogens is 1. The monoisotopic (exact) mass is 341 g/mol. The van der Waals surface area contributed by atoms with Gasteiger partial charge in [0, 0.05) is 0 Å². The van der Waals surface area contributed by atoms with Crippen molar-refractivity contribution in [2.45, 2.75) is 6.18 Å². The van der Waals surface area contributed by atoms with Gasteiger partial charge in [-0.05, 0) is 28.7 Å². The van der Waals surface area contributed by atoms with Gasteiger partial charge in [0.15, 0.2) is 0 Å². The lowest BCUT2D eigenvalue weighted by molar-refractivity contribution is -0.138. The maximum Gasteiger partial charge on any atom is 0.418 e. The van der Waals surface area contributed by atoms with Crippen molar-refractivity contribution in [3.63, 3.8) is 0 Å². The fourth-order valence-corrected chi connectivity index (χ4v) is 1.78. The zero-order valence-electron chi connectivity index (χ0n) is 5.79. The van der Waals surface area contributed by atoms with Gasteiger partial charge in [0.05, 0.1) is 10.6 Å². The summed E-state index contributed by atoms with van der Waals surface area (Å²) in [6, 6.07) is 0.763. The molecule has 13 heavy (non-hydrogen) atoms. The summed E-state index contributed by atoms with van der Waals surface area (Å²) in [6.45, 7) is 0. The Morgan fingerprint density at radius 3 is 2.31 bits per heavy atom. The fourth-order valence-electron chi connectivity index (χ4n) is 0.644. The quantitative estimate of drug-likeness (QED) is 0.513. The van der Waals surface area contributed by atoms with E-state index in [9.17, 15) is 13.2 Å². The number of rotatable bonds is 0. The maximum atomic E-state index is 12.2. The average molecular weight is 342 g/mol.